The fourth-order valence-corrected chi connectivity index (χ4v) is 3.22. The number of hydrogen-bond acceptors (Lipinski definition) is 6. The van der Waals surface area contributed by atoms with Crippen molar-refractivity contribution in [3.8, 4) is 0 Å². The summed E-state index contributed by atoms with van der Waals surface area (Å²) in [6.07, 6.45) is 2.59. The lowest BCUT2D eigenvalue weighted by molar-refractivity contribution is 0.866. The van der Waals surface area contributed by atoms with Crippen molar-refractivity contribution >= 4 is 28.8 Å². The molecule has 3 rings (SSSR count). The van der Waals surface area contributed by atoms with Crippen LogP contribution in [-0.4, -0.2) is 28.3 Å². The Morgan fingerprint density at radius 2 is 1.68 bits per heavy atom. The van der Waals surface area contributed by atoms with Crippen LogP contribution < -0.4 is 15.5 Å². The first-order chi connectivity index (χ1) is 13.6. The Morgan fingerprint density at radius 3 is 2.36 bits per heavy atom. The molecule has 0 aliphatic rings. The largest absolute Gasteiger partial charge is 0.372 e. The number of aryl methyl sites for hydroxylation is 2. The van der Waals surface area contributed by atoms with Crippen molar-refractivity contribution in [2.75, 3.05) is 28.6 Å². The minimum absolute atomic E-state index is 0.465. The van der Waals surface area contributed by atoms with Gasteiger partial charge in [0.25, 0.3) is 0 Å². The van der Waals surface area contributed by atoms with Gasteiger partial charge in [0.2, 0.25) is 5.95 Å². The highest BCUT2D eigenvalue weighted by Crippen LogP contribution is 2.25. The SMILES string of the molecule is CCc1cccc(C)c1Nc1cnnc(Nc2ccc(N(CC)CC)cc2)n1. The summed E-state index contributed by atoms with van der Waals surface area (Å²) in [5.41, 5.74) is 5.65. The maximum absolute atomic E-state index is 4.56. The van der Waals surface area contributed by atoms with Gasteiger partial charge < -0.3 is 15.5 Å². The number of nitrogens with zero attached hydrogens (tertiary/aromatic N) is 4. The van der Waals surface area contributed by atoms with Crippen molar-refractivity contribution in [1.82, 2.24) is 15.2 Å². The molecule has 1 aromatic heterocycles. The summed E-state index contributed by atoms with van der Waals surface area (Å²) in [5, 5.41) is 14.8. The first kappa shape index (κ1) is 19.6. The summed E-state index contributed by atoms with van der Waals surface area (Å²) in [5.74, 6) is 1.13. The van der Waals surface area contributed by atoms with E-state index in [-0.39, 0.29) is 0 Å². The first-order valence-electron chi connectivity index (χ1n) is 9.81. The van der Waals surface area contributed by atoms with E-state index in [9.17, 15) is 0 Å². The minimum atomic E-state index is 0.465. The Morgan fingerprint density at radius 1 is 0.929 bits per heavy atom. The number of hydrogen-bond donors (Lipinski definition) is 2. The Hall–Kier alpha value is -3.15. The number of rotatable bonds is 8. The summed E-state index contributed by atoms with van der Waals surface area (Å²) in [4.78, 5) is 6.87. The van der Waals surface area contributed by atoms with Crippen molar-refractivity contribution in [2.24, 2.45) is 0 Å². The molecule has 2 aromatic carbocycles. The molecule has 0 atom stereocenters. The normalized spacial score (nSPS) is 10.6. The van der Waals surface area contributed by atoms with E-state index in [0.29, 0.717) is 11.8 Å². The Labute approximate surface area is 167 Å². The Bertz CT molecular complexity index is 903. The fourth-order valence-electron chi connectivity index (χ4n) is 3.22. The van der Waals surface area contributed by atoms with E-state index in [1.165, 1.54) is 16.8 Å². The maximum atomic E-state index is 4.56. The van der Waals surface area contributed by atoms with Crippen LogP contribution in [0, 0.1) is 6.92 Å². The second kappa shape index (κ2) is 9.17. The summed E-state index contributed by atoms with van der Waals surface area (Å²) in [6.45, 7) is 10.5. The van der Waals surface area contributed by atoms with Crippen LogP contribution >= 0.6 is 0 Å². The van der Waals surface area contributed by atoms with Crippen molar-refractivity contribution in [2.45, 2.75) is 34.1 Å². The van der Waals surface area contributed by atoms with Crippen LogP contribution in [0.1, 0.15) is 31.9 Å². The van der Waals surface area contributed by atoms with Gasteiger partial charge in [0, 0.05) is 30.2 Å². The van der Waals surface area contributed by atoms with E-state index in [0.717, 1.165) is 30.9 Å². The zero-order chi connectivity index (χ0) is 19.9. The predicted molar refractivity (Wildman–Crippen MR) is 117 cm³/mol. The van der Waals surface area contributed by atoms with Gasteiger partial charge in [0.15, 0.2) is 5.82 Å². The maximum Gasteiger partial charge on any atom is 0.249 e. The second-order valence-corrected chi connectivity index (χ2v) is 6.60. The van der Waals surface area contributed by atoms with Gasteiger partial charge in [-0.3, -0.25) is 0 Å². The van der Waals surface area contributed by atoms with Crippen molar-refractivity contribution < 1.29 is 0 Å². The molecule has 0 saturated carbocycles. The fraction of sp³-hybridized carbons (Fsp3) is 0.318. The quantitative estimate of drug-likeness (QED) is 0.572. The predicted octanol–water partition coefficient (Wildman–Crippen LogP) is 5.08. The van der Waals surface area contributed by atoms with E-state index < -0.39 is 0 Å². The molecule has 0 fully saturated rings. The van der Waals surface area contributed by atoms with Gasteiger partial charge in [-0.2, -0.15) is 10.1 Å². The number of anilines is 5. The van der Waals surface area contributed by atoms with Crippen LogP contribution in [-0.2, 0) is 6.42 Å². The molecule has 0 radical (unpaired) electrons. The molecule has 1 heterocycles. The summed E-state index contributed by atoms with van der Waals surface area (Å²) in [6, 6.07) is 14.6. The molecule has 0 unspecified atom stereocenters. The molecule has 0 aliphatic carbocycles. The van der Waals surface area contributed by atoms with Crippen molar-refractivity contribution in [1.29, 1.82) is 0 Å². The topological polar surface area (TPSA) is 66.0 Å². The molecule has 0 saturated heterocycles. The summed E-state index contributed by atoms with van der Waals surface area (Å²) >= 11 is 0. The van der Waals surface area contributed by atoms with Crippen LogP contribution in [0.3, 0.4) is 0 Å². The van der Waals surface area contributed by atoms with Gasteiger partial charge >= 0.3 is 0 Å². The molecule has 2 N–H and O–H groups in total. The van der Waals surface area contributed by atoms with E-state index in [4.69, 9.17) is 0 Å². The third-order valence-electron chi connectivity index (χ3n) is 4.80. The lowest BCUT2D eigenvalue weighted by atomic mass is 10.1. The number of aromatic nitrogens is 3. The standard InChI is InChI=1S/C22H28N6/c1-5-17-10-8-9-16(4)21(17)25-20-15-23-27-22(26-20)24-18-11-13-19(14-12-18)28(6-2)7-3/h8-15H,5-7H2,1-4H3,(H2,24,25,26,27). The molecule has 0 bridgehead atoms. The molecule has 146 valence electrons. The first-order valence-corrected chi connectivity index (χ1v) is 9.81. The smallest absolute Gasteiger partial charge is 0.249 e. The van der Waals surface area contributed by atoms with Crippen LogP contribution in [0.25, 0.3) is 0 Å². The summed E-state index contributed by atoms with van der Waals surface area (Å²) in [7, 11) is 0. The molecule has 6 heteroatoms. The Balaban J connectivity index is 1.75. The van der Waals surface area contributed by atoms with Gasteiger partial charge in [-0.25, -0.2) is 0 Å². The average molecular weight is 377 g/mol. The van der Waals surface area contributed by atoms with E-state index in [2.05, 4.69) is 88.7 Å². The van der Waals surface area contributed by atoms with Gasteiger partial charge in [0.1, 0.15) is 0 Å². The molecular weight excluding hydrogens is 348 g/mol. The van der Waals surface area contributed by atoms with Crippen LogP contribution in [0.4, 0.5) is 28.8 Å². The lowest BCUT2D eigenvalue weighted by Gasteiger charge is -2.21. The van der Waals surface area contributed by atoms with Crippen LogP contribution in [0.2, 0.25) is 0 Å². The molecule has 3 aromatic rings. The molecule has 0 spiro atoms. The highest BCUT2D eigenvalue weighted by molar-refractivity contribution is 5.65. The molecule has 0 amide bonds. The minimum Gasteiger partial charge on any atom is -0.372 e. The molecular formula is C22H28N6. The zero-order valence-electron chi connectivity index (χ0n) is 17.0. The molecule has 28 heavy (non-hydrogen) atoms. The van der Waals surface area contributed by atoms with Crippen LogP contribution in [0.5, 0.6) is 0 Å². The van der Waals surface area contributed by atoms with Gasteiger partial charge in [-0.05, 0) is 62.6 Å². The lowest BCUT2D eigenvalue weighted by Crippen LogP contribution is -2.21. The van der Waals surface area contributed by atoms with Gasteiger partial charge in [-0.15, -0.1) is 5.10 Å². The van der Waals surface area contributed by atoms with E-state index in [1.807, 2.05) is 12.1 Å². The molecule has 6 nitrogen and oxygen atoms in total. The van der Waals surface area contributed by atoms with E-state index >= 15 is 0 Å². The highest BCUT2D eigenvalue weighted by Gasteiger charge is 2.08. The molecule has 0 aliphatic heterocycles. The highest BCUT2D eigenvalue weighted by atomic mass is 15.3. The average Bonchev–Trinajstić information content (AvgIpc) is 2.72. The third-order valence-corrected chi connectivity index (χ3v) is 4.80. The van der Waals surface area contributed by atoms with Crippen molar-refractivity contribution in [3.05, 3.63) is 59.8 Å². The van der Waals surface area contributed by atoms with Crippen LogP contribution in [0.15, 0.2) is 48.7 Å². The van der Waals surface area contributed by atoms with Gasteiger partial charge in [-0.1, -0.05) is 25.1 Å². The monoisotopic (exact) mass is 376 g/mol. The number of nitrogens with one attached hydrogen (secondary N) is 2. The zero-order valence-corrected chi connectivity index (χ0v) is 17.0. The van der Waals surface area contributed by atoms with Crippen molar-refractivity contribution in [3.63, 3.8) is 0 Å². The number of para-hydroxylation sites is 1. The van der Waals surface area contributed by atoms with Gasteiger partial charge in [0.05, 0.1) is 6.20 Å². The number of benzene rings is 2. The van der Waals surface area contributed by atoms with E-state index in [1.54, 1.807) is 6.20 Å². The third kappa shape index (κ3) is 4.57. The Kier molecular flexibility index (Phi) is 6.42. The summed E-state index contributed by atoms with van der Waals surface area (Å²) < 4.78 is 0. The second-order valence-electron chi connectivity index (χ2n) is 6.60.